The number of H-pyrrole nitrogens is 1. The van der Waals surface area contributed by atoms with E-state index in [4.69, 9.17) is 11.6 Å². The summed E-state index contributed by atoms with van der Waals surface area (Å²) in [4.78, 5) is 27.8. The minimum atomic E-state index is -0.510. The van der Waals surface area contributed by atoms with E-state index in [9.17, 15) is 9.59 Å². The predicted octanol–water partition coefficient (Wildman–Crippen LogP) is 2.22. The quantitative estimate of drug-likeness (QED) is 0.833. The first-order valence-electron chi connectivity index (χ1n) is 6.32. The molecule has 2 heterocycles. The van der Waals surface area contributed by atoms with Crippen molar-refractivity contribution in [2.75, 3.05) is 7.05 Å². The molecule has 20 heavy (non-hydrogen) atoms. The number of urea groups is 1. The third kappa shape index (κ3) is 1.86. The van der Waals surface area contributed by atoms with Gasteiger partial charge in [-0.2, -0.15) is 0 Å². The number of carbonyl (C=O) groups is 2. The van der Waals surface area contributed by atoms with Crippen LogP contribution in [-0.4, -0.2) is 34.9 Å². The van der Waals surface area contributed by atoms with Gasteiger partial charge >= 0.3 is 6.03 Å². The Morgan fingerprint density at radius 2 is 2.10 bits per heavy atom. The summed E-state index contributed by atoms with van der Waals surface area (Å²) in [6.07, 6.45) is 0.459. The van der Waals surface area contributed by atoms with Gasteiger partial charge in [0.15, 0.2) is 0 Å². The molecule has 6 heteroatoms. The Labute approximate surface area is 120 Å². The third-order valence-electron chi connectivity index (χ3n) is 3.74. The fourth-order valence-corrected chi connectivity index (χ4v) is 2.84. The van der Waals surface area contributed by atoms with Gasteiger partial charge in [0.25, 0.3) is 5.91 Å². The minimum absolute atomic E-state index is 0.203. The molecule has 0 bridgehead atoms. The van der Waals surface area contributed by atoms with E-state index >= 15 is 0 Å². The smallest absolute Gasteiger partial charge is 0.324 e. The fraction of sp³-hybridized carbons (Fsp3) is 0.286. The number of amides is 3. The van der Waals surface area contributed by atoms with Gasteiger partial charge in [0.1, 0.15) is 6.04 Å². The summed E-state index contributed by atoms with van der Waals surface area (Å²) in [5.41, 5.74) is 2.84. The van der Waals surface area contributed by atoms with Crippen LogP contribution in [0.5, 0.6) is 0 Å². The third-order valence-corrected chi connectivity index (χ3v) is 4.06. The number of fused-ring (bicyclic) bond motifs is 1. The van der Waals surface area contributed by atoms with Crippen LogP contribution in [0.3, 0.4) is 0 Å². The molecule has 1 aliphatic rings. The highest BCUT2D eigenvalue weighted by Crippen LogP contribution is 2.29. The number of likely N-dealkylation sites (N-methyl/N-ethyl adjacent to an activating group) is 1. The number of halogens is 1. The van der Waals surface area contributed by atoms with Gasteiger partial charge in [-0.3, -0.25) is 9.69 Å². The number of nitrogens with one attached hydrogen (secondary N) is 2. The van der Waals surface area contributed by atoms with Crippen molar-refractivity contribution in [3.05, 3.63) is 34.5 Å². The predicted molar refractivity (Wildman–Crippen MR) is 76.8 cm³/mol. The van der Waals surface area contributed by atoms with Crippen LogP contribution in [0.4, 0.5) is 4.79 Å². The first kappa shape index (κ1) is 13.0. The number of imide groups is 1. The number of para-hydroxylation sites is 1. The van der Waals surface area contributed by atoms with Crippen LogP contribution < -0.4 is 5.32 Å². The number of aromatic nitrogens is 1. The minimum Gasteiger partial charge on any atom is -0.357 e. The number of benzene rings is 1. The van der Waals surface area contributed by atoms with E-state index in [0.29, 0.717) is 11.4 Å². The van der Waals surface area contributed by atoms with Gasteiger partial charge in [-0.25, -0.2) is 4.79 Å². The van der Waals surface area contributed by atoms with Crippen molar-refractivity contribution in [2.24, 2.45) is 0 Å². The standard InChI is InChI=1S/C14H14ClN3O2/c1-7-9(6-11-13(19)18(2)14(20)17-11)8-4-3-5-10(15)12(8)16-7/h3-5,11,16H,6H2,1-2H3,(H,17,20). The van der Waals surface area contributed by atoms with Gasteiger partial charge < -0.3 is 10.3 Å². The zero-order valence-corrected chi connectivity index (χ0v) is 11.9. The molecule has 0 spiro atoms. The molecule has 2 aromatic rings. The molecule has 1 atom stereocenters. The molecule has 104 valence electrons. The number of carbonyl (C=O) groups excluding carboxylic acids is 2. The monoisotopic (exact) mass is 291 g/mol. The van der Waals surface area contributed by atoms with Gasteiger partial charge in [0.05, 0.1) is 10.5 Å². The second-order valence-corrected chi connectivity index (χ2v) is 5.40. The molecule has 2 N–H and O–H groups in total. The molecular formula is C14H14ClN3O2. The highest BCUT2D eigenvalue weighted by molar-refractivity contribution is 6.35. The molecule has 1 fully saturated rings. The maximum absolute atomic E-state index is 12.0. The van der Waals surface area contributed by atoms with Gasteiger partial charge in [-0.15, -0.1) is 0 Å². The van der Waals surface area contributed by atoms with Crippen LogP contribution in [0.25, 0.3) is 10.9 Å². The highest BCUT2D eigenvalue weighted by Gasteiger charge is 2.35. The largest absolute Gasteiger partial charge is 0.357 e. The van der Waals surface area contributed by atoms with Gasteiger partial charge in [0.2, 0.25) is 0 Å². The average molecular weight is 292 g/mol. The second kappa shape index (κ2) is 4.52. The molecule has 1 aromatic heterocycles. The van der Waals surface area contributed by atoms with Crippen molar-refractivity contribution in [3.63, 3.8) is 0 Å². The van der Waals surface area contributed by atoms with Crippen molar-refractivity contribution in [1.82, 2.24) is 15.2 Å². The number of nitrogens with zero attached hydrogens (tertiary/aromatic N) is 1. The SMILES string of the molecule is Cc1[nH]c2c(Cl)cccc2c1CC1NC(=O)N(C)C1=O. The van der Waals surface area contributed by atoms with E-state index in [1.165, 1.54) is 7.05 Å². The van der Waals surface area contributed by atoms with Crippen LogP contribution in [-0.2, 0) is 11.2 Å². The molecule has 5 nitrogen and oxygen atoms in total. The van der Waals surface area contributed by atoms with Gasteiger partial charge in [0, 0.05) is 24.5 Å². The summed E-state index contributed by atoms with van der Waals surface area (Å²) in [7, 11) is 1.48. The number of rotatable bonds is 2. The molecule has 0 aliphatic carbocycles. The first-order valence-corrected chi connectivity index (χ1v) is 6.70. The lowest BCUT2D eigenvalue weighted by atomic mass is 10.0. The topological polar surface area (TPSA) is 65.2 Å². The van der Waals surface area contributed by atoms with Crippen LogP contribution in [0.2, 0.25) is 5.02 Å². The Kier molecular flexibility index (Phi) is 2.94. The molecule has 1 aliphatic heterocycles. The van der Waals surface area contributed by atoms with Crippen molar-refractivity contribution >= 4 is 34.4 Å². The van der Waals surface area contributed by atoms with Crippen LogP contribution in [0, 0.1) is 6.92 Å². The first-order chi connectivity index (χ1) is 9.49. The van der Waals surface area contributed by atoms with E-state index in [1.807, 2.05) is 25.1 Å². The second-order valence-electron chi connectivity index (χ2n) is 4.99. The molecule has 3 amide bonds. The average Bonchev–Trinajstić information content (AvgIpc) is 2.85. The summed E-state index contributed by atoms with van der Waals surface area (Å²) in [5.74, 6) is -0.203. The van der Waals surface area contributed by atoms with E-state index in [1.54, 1.807) is 0 Å². The van der Waals surface area contributed by atoms with Crippen molar-refractivity contribution in [2.45, 2.75) is 19.4 Å². The van der Waals surface area contributed by atoms with Gasteiger partial charge in [-0.05, 0) is 18.6 Å². The summed E-state index contributed by atoms with van der Waals surface area (Å²) in [6.45, 7) is 1.94. The van der Waals surface area contributed by atoms with Gasteiger partial charge in [-0.1, -0.05) is 23.7 Å². The Bertz CT molecular complexity index is 723. The number of aromatic amines is 1. The van der Waals surface area contributed by atoms with Crippen LogP contribution in [0.15, 0.2) is 18.2 Å². The summed E-state index contributed by atoms with van der Waals surface area (Å²) < 4.78 is 0. The van der Waals surface area contributed by atoms with Crippen LogP contribution in [0.1, 0.15) is 11.3 Å². The van der Waals surface area contributed by atoms with E-state index < -0.39 is 6.04 Å². The number of hydrogen-bond acceptors (Lipinski definition) is 2. The Morgan fingerprint density at radius 1 is 1.35 bits per heavy atom. The molecule has 3 rings (SSSR count). The molecular weight excluding hydrogens is 278 g/mol. The molecule has 1 unspecified atom stereocenters. The Balaban J connectivity index is 2.00. The molecule has 1 aromatic carbocycles. The molecule has 0 saturated carbocycles. The highest BCUT2D eigenvalue weighted by atomic mass is 35.5. The molecule has 1 saturated heterocycles. The summed E-state index contributed by atoms with van der Waals surface area (Å²) >= 11 is 6.16. The molecule has 0 radical (unpaired) electrons. The summed E-state index contributed by atoms with van der Waals surface area (Å²) in [5, 5.41) is 4.33. The van der Waals surface area contributed by atoms with Crippen molar-refractivity contribution < 1.29 is 9.59 Å². The Hall–Kier alpha value is -2.01. The maximum Gasteiger partial charge on any atom is 0.324 e. The maximum atomic E-state index is 12.0. The lowest BCUT2D eigenvalue weighted by molar-refractivity contribution is -0.126. The zero-order chi connectivity index (χ0) is 14.4. The van der Waals surface area contributed by atoms with Crippen LogP contribution >= 0.6 is 11.6 Å². The Morgan fingerprint density at radius 3 is 2.75 bits per heavy atom. The number of hydrogen-bond donors (Lipinski definition) is 2. The van der Waals surface area contributed by atoms with E-state index in [-0.39, 0.29) is 11.9 Å². The number of aryl methyl sites for hydroxylation is 1. The normalized spacial score (nSPS) is 18.9. The van der Waals surface area contributed by atoms with Crippen molar-refractivity contribution in [1.29, 1.82) is 0 Å². The lowest BCUT2D eigenvalue weighted by Gasteiger charge is -2.08. The zero-order valence-electron chi connectivity index (χ0n) is 11.2. The summed E-state index contributed by atoms with van der Waals surface area (Å²) in [6, 6.07) is 4.80. The lowest BCUT2D eigenvalue weighted by Crippen LogP contribution is -2.31. The van der Waals surface area contributed by atoms with Crippen molar-refractivity contribution in [3.8, 4) is 0 Å². The van der Waals surface area contributed by atoms with E-state index in [2.05, 4.69) is 10.3 Å². The fourth-order valence-electron chi connectivity index (χ4n) is 2.61. The van der Waals surface area contributed by atoms with E-state index in [0.717, 1.165) is 27.1 Å².